The summed E-state index contributed by atoms with van der Waals surface area (Å²) in [5.74, 6) is 2.77. The number of aromatic amines is 1. The Labute approximate surface area is 167 Å². The average Bonchev–Trinajstić information content (AvgIpc) is 3.11. The van der Waals surface area contributed by atoms with Crippen molar-refractivity contribution in [2.24, 2.45) is 5.10 Å². The van der Waals surface area contributed by atoms with Gasteiger partial charge in [0.15, 0.2) is 17.3 Å². The number of ether oxygens (including phenoxy) is 4. The van der Waals surface area contributed by atoms with Crippen LogP contribution >= 0.6 is 12.2 Å². The molecule has 146 valence electrons. The third-order valence-corrected chi connectivity index (χ3v) is 4.27. The van der Waals surface area contributed by atoms with Crippen LogP contribution in [0.1, 0.15) is 5.56 Å². The van der Waals surface area contributed by atoms with Crippen molar-refractivity contribution in [1.29, 1.82) is 0 Å². The third-order valence-electron chi connectivity index (χ3n) is 4.01. The van der Waals surface area contributed by atoms with Crippen LogP contribution in [-0.4, -0.2) is 49.5 Å². The van der Waals surface area contributed by atoms with E-state index in [2.05, 4.69) is 15.3 Å². The lowest BCUT2D eigenvalue weighted by Gasteiger charge is -2.12. The molecule has 0 saturated carbocycles. The molecule has 3 aromatic rings. The highest BCUT2D eigenvalue weighted by Crippen LogP contribution is 2.37. The van der Waals surface area contributed by atoms with Gasteiger partial charge in [-0.05, 0) is 36.5 Å². The highest BCUT2D eigenvalue weighted by molar-refractivity contribution is 7.71. The molecule has 0 bridgehead atoms. The van der Waals surface area contributed by atoms with Crippen molar-refractivity contribution in [3.63, 3.8) is 0 Å². The van der Waals surface area contributed by atoms with Crippen LogP contribution in [0.15, 0.2) is 41.5 Å². The zero-order valence-electron chi connectivity index (χ0n) is 15.9. The van der Waals surface area contributed by atoms with Crippen LogP contribution in [0.4, 0.5) is 0 Å². The van der Waals surface area contributed by atoms with Crippen molar-refractivity contribution in [1.82, 2.24) is 14.9 Å². The molecule has 1 N–H and O–H groups in total. The molecule has 8 nitrogen and oxygen atoms in total. The summed E-state index contributed by atoms with van der Waals surface area (Å²) in [6.45, 7) is 0. The molecule has 28 heavy (non-hydrogen) atoms. The lowest BCUT2D eigenvalue weighted by Crippen LogP contribution is -1.99. The van der Waals surface area contributed by atoms with Crippen LogP contribution < -0.4 is 18.9 Å². The molecule has 0 saturated heterocycles. The molecule has 0 amide bonds. The number of hydrogen-bond donors (Lipinski definition) is 1. The summed E-state index contributed by atoms with van der Waals surface area (Å²) in [6, 6.07) is 11.1. The molecular formula is C19H20N4O4S. The minimum atomic E-state index is 0.351. The normalized spacial score (nSPS) is 10.9. The summed E-state index contributed by atoms with van der Waals surface area (Å²) in [7, 11) is 6.27. The molecule has 0 aliphatic carbocycles. The molecule has 0 radical (unpaired) electrons. The monoisotopic (exact) mass is 400 g/mol. The van der Waals surface area contributed by atoms with E-state index < -0.39 is 0 Å². The fraction of sp³-hybridized carbons (Fsp3) is 0.211. The van der Waals surface area contributed by atoms with Gasteiger partial charge in [-0.3, -0.25) is 0 Å². The highest BCUT2D eigenvalue weighted by atomic mass is 32.1. The Balaban J connectivity index is 2.05. The highest BCUT2D eigenvalue weighted by Gasteiger charge is 2.14. The molecular weight excluding hydrogens is 380 g/mol. The summed E-state index contributed by atoms with van der Waals surface area (Å²) in [5, 5.41) is 11.5. The van der Waals surface area contributed by atoms with Gasteiger partial charge in [0.25, 0.3) is 0 Å². The minimum Gasteiger partial charge on any atom is -0.496 e. The molecule has 0 fully saturated rings. The van der Waals surface area contributed by atoms with E-state index in [1.807, 2.05) is 24.3 Å². The Hall–Kier alpha value is -3.33. The van der Waals surface area contributed by atoms with E-state index in [1.54, 1.807) is 46.8 Å². The van der Waals surface area contributed by atoms with Crippen LogP contribution in [0, 0.1) is 4.77 Å². The van der Waals surface area contributed by atoms with E-state index in [0.717, 1.165) is 11.1 Å². The lowest BCUT2D eigenvalue weighted by atomic mass is 10.2. The largest absolute Gasteiger partial charge is 0.496 e. The van der Waals surface area contributed by atoms with E-state index in [9.17, 15) is 0 Å². The number of hydrogen-bond acceptors (Lipinski definition) is 7. The van der Waals surface area contributed by atoms with Gasteiger partial charge >= 0.3 is 0 Å². The Morgan fingerprint density at radius 2 is 1.61 bits per heavy atom. The summed E-state index contributed by atoms with van der Waals surface area (Å²) in [5.41, 5.74) is 1.50. The first kappa shape index (κ1) is 19.4. The number of para-hydroxylation sites is 1. The fourth-order valence-corrected chi connectivity index (χ4v) is 2.88. The Morgan fingerprint density at radius 3 is 2.21 bits per heavy atom. The zero-order chi connectivity index (χ0) is 20.1. The van der Waals surface area contributed by atoms with E-state index in [1.165, 1.54) is 4.68 Å². The number of H-pyrrole nitrogens is 1. The van der Waals surface area contributed by atoms with Crippen molar-refractivity contribution >= 4 is 18.4 Å². The summed E-state index contributed by atoms with van der Waals surface area (Å²) in [4.78, 5) is 0. The predicted octanol–water partition coefficient (Wildman–Crippen LogP) is 3.52. The SMILES string of the molecule is COc1ccccc1-c1n[nH]c(=S)n1/N=C\c1cc(OC)c(OC)c(OC)c1. The average molecular weight is 400 g/mol. The molecule has 3 rings (SSSR count). The standard InChI is InChI=1S/C19H20N4O4S/c1-24-14-8-6-5-7-13(14)18-21-22-19(28)23(18)20-11-12-9-15(25-2)17(27-4)16(10-12)26-3/h5-11H,1-4H3,(H,22,28)/b20-11-. The van der Waals surface area contributed by atoms with Gasteiger partial charge in [0, 0.05) is 5.56 Å². The zero-order valence-corrected chi connectivity index (χ0v) is 16.7. The Kier molecular flexibility index (Phi) is 5.95. The molecule has 0 aliphatic rings. The van der Waals surface area contributed by atoms with E-state index >= 15 is 0 Å². The van der Waals surface area contributed by atoms with Crippen molar-refractivity contribution in [3.05, 3.63) is 46.7 Å². The van der Waals surface area contributed by atoms with Crippen LogP contribution in [-0.2, 0) is 0 Å². The van der Waals surface area contributed by atoms with Gasteiger partial charge in [0.2, 0.25) is 10.5 Å². The van der Waals surface area contributed by atoms with Crippen LogP contribution in [0.5, 0.6) is 23.0 Å². The molecule has 2 aromatic carbocycles. The van der Waals surface area contributed by atoms with Crippen LogP contribution in [0.2, 0.25) is 0 Å². The van der Waals surface area contributed by atoms with Crippen molar-refractivity contribution in [3.8, 4) is 34.4 Å². The third kappa shape index (κ3) is 3.70. The smallest absolute Gasteiger partial charge is 0.216 e. The second kappa shape index (κ2) is 8.57. The molecule has 0 unspecified atom stereocenters. The van der Waals surface area contributed by atoms with Crippen molar-refractivity contribution in [2.45, 2.75) is 0 Å². The van der Waals surface area contributed by atoms with E-state index in [-0.39, 0.29) is 0 Å². The first-order chi connectivity index (χ1) is 13.6. The topological polar surface area (TPSA) is 82.9 Å². The molecule has 1 aromatic heterocycles. The number of nitrogens with one attached hydrogen (secondary N) is 1. The van der Waals surface area contributed by atoms with Gasteiger partial charge in [-0.1, -0.05) is 12.1 Å². The maximum atomic E-state index is 5.41. The van der Waals surface area contributed by atoms with Gasteiger partial charge in [0.05, 0.1) is 40.2 Å². The molecule has 0 aliphatic heterocycles. The van der Waals surface area contributed by atoms with Gasteiger partial charge in [-0.25, -0.2) is 5.10 Å². The van der Waals surface area contributed by atoms with Crippen LogP contribution in [0.25, 0.3) is 11.4 Å². The number of nitrogens with zero attached hydrogens (tertiary/aromatic N) is 3. The van der Waals surface area contributed by atoms with Crippen LogP contribution in [0.3, 0.4) is 0 Å². The Bertz CT molecular complexity index is 1030. The van der Waals surface area contributed by atoms with Crippen molar-refractivity contribution in [2.75, 3.05) is 28.4 Å². The van der Waals surface area contributed by atoms with Gasteiger partial charge in [-0.15, -0.1) is 0 Å². The van der Waals surface area contributed by atoms with E-state index in [4.69, 9.17) is 31.2 Å². The minimum absolute atomic E-state index is 0.351. The summed E-state index contributed by atoms with van der Waals surface area (Å²) < 4.78 is 23.4. The lowest BCUT2D eigenvalue weighted by molar-refractivity contribution is 0.324. The molecule has 1 heterocycles. The number of benzene rings is 2. The first-order valence-electron chi connectivity index (χ1n) is 8.28. The quantitative estimate of drug-likeness (QED) is 0.483. The molecule has 0 spiro atoms. The molecule has 9 heteroatoms. The number of aromatic nitrogens is 3. The fourth-order valence-electron chi connectivity index (χ4n) is 2.70. The Morgan fingerprint density at radius 1 is 0.964 bits per heavy atom. The van der Waals surface area contributed by atoms with E-state index in [0.29, 0.717) is 33.6 Å². The summed E-state index contributed by atoms with van der Waals surface area (Å²) in [6.07, 6.45) is 1.63. The number of methoxy groups -OCH3 is 4. The summed E-state index contributed by atoms with van der Waals surface area (Å²) >= 11 is 5.33. The predicted molar refractivity (Wildman–Crippen MR) is 108 cm³/mol. The van der Waals surface area contributed by atoms with Crippen molar-refractivity contribution < 1.29 is 18.9 Å². The maximum Gasteiger partial charge on any atom is 0.216 e. The van der Waals surface area contributed by atoms with Gasteiger partial charge in [0.1, 0.15) is 5.75 Å². The van der Waals surface area contributed by atoms with Gasteiger partial charge in [-0.2, -0.15) is 14.9 Å². The second-order valence-electron chi connectivity index (χ2n) is 5.57. The second-order valence-corrected chi connectivity index (χ2v) is 5.95. The number of rotatable bonds is 7. The first-order valence-corrected chi connectivity index (χ1v) is 8.69. The van der Waals surface area contributed by atoms with Gasteiger partial charge < -0.3 is 18.9 Å². The molecule has 0 atom stereocenters. The maximum absolute atomic E-state index is 5.41.